The van der Waals surface area contributed by atoms with Crippen LogP contribution >= 0.6 is 0 Å². The minimum Gasteiger partial charge on any atom is -0.338 e. The molecule has 0 unspecified atom stereocenters. The third-order valence-electron chi connectivity index (χ3n) is 4.93. The lowest BCUT2D eigenvalue weighted by atomic mass is 10.1. The molecule has 0 spiro atoms. The van der Waals surface area contributed by atoms with Crippen LogP contribution in [-0.2, 0) is 9.59 Å². The number of carbonyl (C=O) groups excluding carboxylic acids is 2. The summed E-state index contributed by atoms with van der Waals surface area (Å²) in [7, 11) is 0. The van der Waals surface area contributed by atoms with Crippen molar-refractivity contribution in [2.75, 3.05) is 45.8 Å². The average Bonchev–Trinajstić information content (AvgIpc) is 3.14. The fourth-order valence-corrected chi connectivity index (χ4v) is 3.41. The molecule has 2 N–H and O–H groups in total. The Balaban J connectivity index is 1.49. The van der Waals surface area contributed by atoms with Gasteiger partial charge in [0.1, 0.15) is 6.04 Å². The number of carbonyl (C=O) groups is 2. The van der Waals surface area contributed by atoms with E-state index in [9.17, 15) is 9.59 Å². The minimum atomic E-state index is -0.627. The van der Waals surface area contributed by atoms with Crippen molar-refractivity contribution < 1.29 is 9.59 Å². The smallest absolute Gasteiger partial charge is 0.244 e. The zero-order valence-electron chi connectivity index (χ0n) is 14.1. The van der Waals surface area contributed by atoms with Gasteiger partial charge in [0.25, 0.3) is 0 Å². The van der Waals surface area contributed by atoms with E-state index in [0.717, 1.165) is 18.7 Å². The van der Waals surface area contributed by atoms with Crippen LogP contribution in [0.3, 0.4) is 0 Å². The van der Waals surface area contributed by atoms with E-state index in [1.54, 1.807) is 4.90 Å². The molecular formula is C18H26N4O2. The minimum absolute atomic E-state index is 0.0622. The molecule has 2 heterocycles. The lowest BCUT2D eigenvalue weighted by Gasteiger charge is -2.36. The highest BCUT2D eigenvalue weighted by Gasteiger charge is 2.28. The molecule has 2 fully saturated rings. The van der Waals surface area contributed by atoms with Gasteiger partial charge in [-0.25, -0.2) is 0 Å². The van der Waals surface area contributed by atoms with Crippen molar-refractivity contribution >= 4 is 11.8 Å². The molecule has 2 saturated heterocycles. The maximum atomic E-state index is 12.5. The number of hydrogen-bond acceptors (Lipinski definition) is 4. The zero-order chi connectivity index (χ0) is 16.9. The first-order valence-electron chi connectivity index (χ1n) is 8.74. The fourth-order valence-electron chi connectivity index (χ4n) is 3.41. The average molecular weight is 330 g/mol. The van der Waals surface area contributed by atoms with Crippen LogP contribution in [0.25, 0.3) is 0 Å². The van der Waals surface area contributed by atoms with Gasteiger partial charge in [-0.1, -0.05) is 30.3 Å². The van der Waals surface area contributed by atoms with Gasteiger partial charge in [-0.3, -0.25) is 14.5 Å². The molecule has 24 heavy (non-hydrogen) atoms. The summed E-state index contributed by atoms with van der Waals surface area (Å²) < 4.78 is 0. The number of nitrogens with two attached hydrogens (primary N) is 1. The van der Waals surface area contributed by atoms with Crippen LogP contribution in [-0.4, -0.2) is 72.3 Å². The normalized spacial score (nSPS) is 20.2. The van der Waals surface area contributed by atoms with Gasteiger partial charge in [0.15, 0.2) is 0 Å². The van der Waals surface area contributed by atoms with Crippen LogP contribution in [0, 0.1) is 0 Å². The first-order valence-corrected chi connectivity index (χ1v) is 8.74. The number of rotatable bonds is 4. The van der Waals surface area contributed by atoms with Crippen molar-refractivity contribution in [2.45, 2.75) is 18.9 Å². The molecule has 0 saturated carbocycles. The number of nitrogens with zero attached hydrogens (tertiary/aromatic N) is 3. The molecule has 0 bridgehead atoms. The first kappa shape index (κ1) is 16.9. The predicted molar refractivity (Wildman–Crippen MR) is 92.2 cm³/mol. The second kappa shape index (κ2) is 7.77. The molecule has 2 aliphatic rings. The maximum absolute atomic E-state index is 12.5. The topological polar surface area (TPSA) is 69.9 Å². The van der Waals surface area contributed by atoms with Crippen LogP contribution < -0.4 is 5.73 Å². The molecule has 1 atom stereocenters. The number of amides is 2. The Hall–Kier alpha value is -1.92. The van der Waals surface area contributed by atoms with Crippen LogP contribution in [0.4, 0.5) is 0 Å². The van der Waals surface area contributed by atoms with E-state index < -0.39 is 6.04 Å². The molecule has 0 aromatic heterocycles. The quantitative estimate of drug-likeness (QED) is 0.870. The molecular weight excluding hydrogens is 304 g/mol. The summed E-state index contributed by atoms with van der Waals surface area (Å²) >= 11 is 0. The number of likely N-dealkylation sites (tertiary alicyclic amines) is 1. The highest BCUT2D eigenvalue weighted by atomic mass is 16.2. The van der Waals surface area contributed by atoms with E-state index in [1.165, 1.54) is 12.8 Å². The Morgan fingerprint density at radius 2 is 1.50 bits per heavy atom. The van der Waals surface area contributed by atoms with Gasteiger partial charge in [0.2, 0.25) is 11.8 Å². The lowest BCUT2D eigenvalue weighted by Crippen LogP contribution is -2.54. The monoisotopic (exact) mass is 330 g/mol. The van der Waals surface area contributed by atoms with Crippen molar-refractivity contribution in [1.82, 2.24) is 14.7 Å². The van der Waals surface area contributed by atoms with Gasteiger partial charge in [0.05, 0.1) is 6.54 Å². The summed E-state index contributed by atoms with van der Waals surface area (Å²) in [5, 5.41) is 0. The van der Waals surface area contributed by atoms with Gasteiger partial charge in [-0.2, -0.15) is 0 Å². The summed E-state index contributed by atoms with van der Waals surface area (Å²) in [6.07, 6.45) is 2.37. The van der Waals surface area contributed by atoms with Crippen LogP contribution in [0.5, 0.6) is 0 Å². The van der Waals surface area contributed by atoms with Crippen LogP contribution in [0.1, 0.15) is 24.4 Å². The van der Waals surface area contributed by atoms with Gasteiger partial charge in [0, 0.05) is 26.2 Å². The van der Waals surface area contributed by atoms with E-state index in [1.807, 2.05) is 35.2 Å². The molecule has 3 rings (SSSR count). The fraction of sp³-hybridized carbons (Fsp3) is 0.556. The first-order chi connectivity index (χ1) is 11.6. The number of hydrogen-bond donors (Lipinski definition) is 1. The molecule has 0 radical (unpaired) electrons. The second-order valence-electron chi connectivity index (χ2n) is 6.58. The van der Waals surface area contributed by atoms with E-state index in [2.05, 4.69) is 4.90 Å². The molecule has 130 valence electrons. The Morgan fingerprint density at radius 1 is 0.917 bits per heavy atom. The Labute approximate surface area is 143 Å². The number of benzene rings is 1. The highest BCUT2D eigenvalue weighted by Crippen LogP contribution is 2.15. The summed E-state index contributed by atoms with van der Waals surface area (Å²) in [5.41, 5.74) is 6.92. The van der Waals surface area contributed by atoms with Gasteiger partial charge >= 0.3 is 0 Å². The van der Waals surface area contributed by atoms with Crippen LogP contribution in [0.2, 0.25) is 0 Å². The Bertz CT molecular complexity index is 564. The van der Waals surface area contributed by atoms with Crippen molar-refractivity contribution in [3.05, 3.63) is 35.9 Å². The summed E-state index contributed by atoms with van der Waals surface area (Å²) in [4.78, 5) is 30.7. The maximum Gasteiger partial charge on any atom is 0.244 e. The SMILES string of the molecule is N[C@@H](C(=O)N1CCN(C(=O)CN2CCCC2)CC1)c1ccccc1. The third-order valence-corrected chi connectivity index (χ3v) is 4.93. The largest absolute Gasteiger partial charge is 0.338 e. The summed E-state index contributed by atoms with van der Waals surface area (Å²) in [6, 6.07) is 8.80. The summed E-state index contributed by atoms with van der Waals surface area (Å²) in [5.74, 6) is 0.115. The van der Waals surface area contributed by atoms with Crippen LogP contribution in [0.15, 0.2) is 30.3 Å². The molecule has 0 aliphatic carbocycles. The summed E-state index contributed by atoms with van der Waals surface area (Å²) in [6.45, 7) is 4.87. The molecule has 1 aromatic rings. The van der Waals surface area contributed by atoms with Crippen molar-refractivity contribution in [3.8, 4) is 0 Å². The lowest BCUT2D eigenvalue weighted by molar-refractivity contribution is -0.140. The van der Waals surface area contributed by atoms with Gasteiger partial charge in [-0.05, 0) is 31.5 Å². The molecule has 6 heteroatoms. The van der Waals surface area contributed by atoms with Crippen molar-refractivity contribution in [1.29, 1.82) is 0 Å². The van der Waals surface area contributed by atoms with E-state index >= 15 is 0 Å². The number of piperazine rings is 1. The Kier molecular flexibility index (Phi) is 5.48. The zero-order valence-corrected chi connectivity index (χ0v) is 14.1. The van der Waals surface area contributed by atoms with E-state index in [0.29, 0.717) is 32.7 Å². The van der Waals surface area contributed by atoms with Crippen molar-refractivity contribution in [3.63, 3.8) is 0 Å². The Morgan fingerprint density at radius 3 is 2.12 bits per heavy atom. The van der Waals surface area contributed by atoms with E-state index in [-0.39, 0.29) is 11.8 Å². The molecule has 1 aromatic carbocycles. The van der Waals surface area contributed by atoms with Gasteiger partial charge in [-0.15, -0.1) is 0 Å². The standard InChI is InChI=1S/C18H26N4O2/c19-17(15-6-2-1-3-7-15)18(24)22-12-10-21(11-13-22)16(23)14-20-8-4-5-9-20/h1-3,6-7,17H,4-5,8-14,19H2/t17-/m1/s1. The second-order valence-corrected chi connectivity index (χ2v) is 6.58. The molecule has 6 nitrogen and oxygen atoms in total. The molecule has 2 amide bonds. The molecule has 2 aliphatic heterocycles. The van der Waals surface area contributed by atoms with Crippen molar-refractivity contribution in [2.24, 2.45) is 5.73 Å². The predicted octanol–water partition coefficient (Wildman–Crippen LogP) is 0.453. The van der Waals surface area contributed by atoms with Gasteiger partial charge < -0.3 is 15.5 Å². The highest BCUT2D eigenvalue weighted by molar-refractivity contribution is 5.84. The third kappa shape index (κ3) is 3.94. The van der Waals surface area contributed by atoms with E-state index in [4.69, 9.17) is 5.73 Å².